The smallest absolute Gasteiger partial charge is 0.338 e. The molecule has 1 aliphatic heterocycles. The van der Waals surface area contributed by atoms with Crippen molar-refractivity contribution >= 4 is 40.4 Å². The number of amides is 2. The van der Waals surface area contributed by atoms with Crippen molar-refractivity contribution < 1.29 is 19.1 Å². The van der Waals surface area contributed by atoms with Crippen LogP contribution in [-0.2, 0) is 14.3 Å². The van der Waals surface area contributed by atoms with E-state index in [4.69, 9.17) is 4.74 Å². The highest BCUT2D eigenvalue weighted by atomic mass is 16.5. The molecule has 2 aromatic rings. The van der Waals surface area contributed by atoms with Crippen LogP contribution in [0.5, 0.6) is 0 Å². The van der Waals surface area contributed by atoms with Gasteiger partial charge in [-0.1, -0.05) is 6.07 Å². The van der Waals surface area contributed by atoms with Crippen molar-refractivity contribution in [1.29, 1.82) is 0 Å². The molecule has 0 aromatic heterocycles. The standard InChI is InChI=1S/C23H26N4O4/c1-5-31-23(30)15-6-11-18-19(22(29)25-20(18)12-15)13-24-16-7-9-17(10-8-16)27(4)21(28)14-26(2)3/h6-13,24H,5,14H2,1-4H3,(H,25,29). The monoisotopic (exact) mass is 422 g/mol. The zero-order valence-corrected chi connectivity index (χ0v) is 18.1. The molecule has 2 amide bonds. The maximum absolute atomic E-state index is 12.4. The molecule has 0 bridgehead atoms. The van der Waals surface area contributed by atoms with E-state index in [0.29, 0.717) is 28.9 Å². The van der Waals surface area contributed by atoms with E-state index in [1.807, 2.05) is 43.3 Å². The molecule has 31 heavy (non-hydrogen) atoms. The van der Waals surface area contributed by atoms with E-state index < -0.39 is 5.97 Å². The summed E-state index contributed by atoms with van der Waals surface area (Å²) in [6.07, 6.45) is 1.63. The van der Waals surface area contributed by atoms with Crippen molar-refractivity contribution in [3.05, 3.63) is 59.8 Å². The van der Waals surface area contributed by atoms with Crippen molar-refractivity contribution in [3.8, 4) is 0 Å². The van der Waals surface area contributed by atoms with Gasteiger partial charge in [0.25, 0.3) is 5.91 Å². The summed E-state index contributed by atoms with van der Waals surface area (Å²) in [6, 6.07) is 12.3. The second-order valence-corrected chi connectivity index (χ2v) is 7.37. The molecule has 0 aliphatic carbocycles. The molecule has 0 saturated heterocycles. The average Bonchev–Trinajstić information content (AvgIpc) is 3.05. The number of hydrogen-bond donors (Lipinski definition) is 2. The van der Waals surface area contributed by atoms with Crippen molar-refractivity contribution in [2.24, 2.45) is 0 Å². The van der Waals surface area contributed by atoms with Crippen LogP contribution in [0.1, 0.15) is 22.8 Å². The van der Waals surface area contributed by atoms with Crippen LogP contribution in [0.15, 0.2) is 48.7 Å². The number of ether oxygens (including phenoxy) is 1. The summed E-state index contributed by atoms with van der Waals surface area (Å²) in [5, 5.41) is 5.89. The van der Waals surface area contributed by atoms with Crippen LogP contribution in [0.2, 0.25) is 0 Å². The first kappa shape index (κ1) is 22.0. The molecular formula is C23H26N4O4. The second kappa shape index (κ2) is 9.44. The Hall–Kier alpha value is -3.65. The van der Waals surface area contributed by atoms with E-state index in [2.05, 4.69) is 10.6 Å². The van der Waals surface area contributed by atoms with Gasteiger partial charge < -0.3 is 25.2 Å². The van der Waals surface area contributed by atoms with Crippen molar-refractivity contribution in [3.63, 3.8) is 0 Å². The summed E-state index contributed by atoms with van der Waals surface area (Å²) >= 11 is 0. The fourth-order valence-electron chi connectivity index (χ4n) is 3.14. The zero-order valence-electron chi connectivity index (χ0n) is 18.1. The highest BCUT2D eigenvalue weighted by molar-refractivity contribution is 6.31. The van der Waals surface area contributed by atoms with Crippen LogP contribution in [0.25, 0.3) is 5.57 Å². The number of benzene rings is 2. The van der Waals surface area contributed by atoms with Gasteiger partial charge in [-0.3, -0.25) is 9.59 Å². The Bertz CT molecular complexity index is 1030. The molecule has 0 spiro atoms. The molecule has 162 valence electrons. The van der Waals surface area contributed by atoms with Gasteiger partial charge in [0.1, 0.15) is 0 Å². The molecule has 8 heteroatoms. The molecule has 0 radical (unpaired) electrons. The summed E-state index contributed by atoms with van der Waals surface area (Å²) in [7, 11) is 5.43. The number of nitrogens with one attached hydrogen (secondary N) is 2. The van der Waals surface area contributed by atoms with E-state index in [-0.39, 0.29) is 18.4 Å². The molecule has 1 heterocycles. The highest BCUT2D eigenvalue weighted by Crippen LogP contribution is 2.32. The Morgan fingerprint density at radius 3 is 2.45 bits per heavy atom. The third kappa shape index (κ3) is 5.10. The van der Waals surface area contributed by atoms with Crippen molar-refractivity contribution in [2.75, 3.05) is 49.8 Å². The van der Waals surface area contributed by atoms with Crippen LogP contribution in [0.4, 0.5) is 17.1 Å². The van der Waals surface area contributed by atoms with Crippen LogP contribution in [0, 0.1) is 0 Å². The molecular weight excluding hydrogens is 396 g/mol. The molecule has 0 fully saturated rings. The Morgan fingerprint density at radius 1 is 1.10 bits per heavy atom. The first-order valence-corrected chi connectivity index (χ1v) is 9.91. The minimum atomic E-state index is -0.427. The van der Waals surface area contributed by atoms with E-state index in [1.165, 1.54) is 0 Å². The van der Waals surface area contributed by atoms with Crippen molar-refractivity contribution in [1.82, 2.24) is 4.90 Å². The molecule has 1 aliphatic rings. The van der Waals surface area contributed by atoms with Gasteiger partial charge in [0.05, 0.1) is 24.3 Å². The van der Waals surface area contributed by atoms with E-state index in [1.54, 1.807) is 43.3 Å². The molecule has 0 unspecified atom stereocenters. The predicted molar refractivity (Wildman–Crippen MR) is 121 cm³/mol. The lowest BCUT2D eigenvalue weighted by Crippen LogP contribution is -2.34. The first-order valence-electron chi connectivity index (χ1n) is 9.91. The van der Waals surface area contributed by atoms with Crippen LogP contribution >= 0.6 is 0 Å². The average molecular weight is 422 g/mol. The third-order valence-corrected chi connectivity index (χ3v) is 4.78. The molecule has 0 atom stereocenters. The van der Waals surface area contributed by atoms with Gasteiger partial charge in [-0.15, -0.1) is 0 Å². The first-order chi connectivity index (χ1) is 14.8. The molecule has 2 N–H and O–H groups in total. The summed E-state index contributed by atoms with van der Waals surface area (Å²) in [5.74, 6) is -0.687. The number of fused-ring (bicyclic) bond motifs is 1. The van der Waals surface area contributed by atoms with Gasteiger partial charge in [0, 0.05) is 35.9 Å². The van der Waals surface area contributed by atoms with Crippen LogP contribution < -0.4 is 15.5 Å². The van der Waals surface area contributed by atoms with Gasteiger partial charge >= 0.3 is 5.97 Å². The number of nitrogens with zero attached hydrogens (tertiary/aromatic N) is 2. The van der Waals surface area contributed by atoms with Gasteiger partial charge in [0.2, 0.25) is 5.91 Å². The number of rotatable bonds is 7. The maximum atomic E-state index is 12.4. The van der Waals surface area contributed by atoms with E-state index in [9.17, 15) is 14.4 Å². The lowest BCUT2D eigenvalue weighted by Gasteiger charge is -2.20. The minimum absolute atomic E-state index is 0.00533. The maximum Gasteiger partial charge on any atom is 0.338 e. The predicted octanol–water partition coefficient (Wildman–Crippen LogP) is 2.79. The molecule has 8 nitrogen and oxygen atoms in total. The fraction of sp³-hybridized carbons (Fsp3) is 0.261. The molecule has 2 aromatic carbocycles. The number of hydrogen-bond acceptors (Lipinski definition) is 6. The normalized spacial score (nSPS) is 13.7. The number of esters is 1. The Labute approximate surface area is 181 Å². The topological polar surface area (TPSA) is 91.0 Å². The summed E-state index contributed by atoms with van der Waals surface area (Å²) in [6.45, 7) is 2.36. The fourth-order valence-corrected chi connectivity index (χ4v) is 3.14. The Balaban J connectivity index is 1.72. The summed E-state index contributed by atoms with van der Waals surface area (Å²) in [4.78, 5) is 39.9. The van der Waals surface area contributed by atoms with Crippen molar-refractivity contribution in [2.45, 2.75) is 6.92 Å². The Kier molecular flexibility index (Phi) is 6.71. The van der Waals surface area contributed by atoms with Gasteiger partial charge in [0.15, 0.2) is 0 Å². The number of carbonyl (C=O) groups excluding carboxylic acids is 3. The number of anilines is 3. The lowest BCUT2D eigenvalue weighted by atomic mass is 10.1. The quantitative estimate of drug-likeness (QED) is 0.527. The van der Waals surface area contributed by atoms with Crippen LogP contribution in [-0.4, -0.2) is 57.0 Å². The minimum Gasteiger partial charge on any atom is -0.462 e. The number of likely N-dealkylation sites (N-methyl/N-ethyl adjacent to an activating group) is 2. The highest BCUT2D eigenvalue weighted by Gasteiger charge is 2.25. The summed E-state index contributed by atoms with van der Waals surface area (Å²) < 4.78 is 5.00. The zero-order chi connectivity index (χ0) is 22.5. The number of carbonyl (C=O) groups is 3. The van der Waals surface area contributed by atoms with Crippen LogP contribution in [0.3, 0.4) is 0 Å². The van der Waals surface area contributed by atoms with E-state index in [0.717, 1.165) is 11.4 Å². The molecule has 3 rings (SSSR count). The second-order valence-electron chi connectivity index (χ2n) is 7.37. The van der Waals surface area contributed by atoms with E-state index >= 15 is 0 Å². The lowest BCUT2D eigenvalue weighted by molar-refractivity contribution is -0.119. The SMILES string of the molecule is CCOC(=O)c1ccc2c(c1)NC(=O)C2=CNc1ccc(N(C)C(=O)CN(C)C)cc1. The summed E-state index contributed by atoms with van der Waals surface area (Å²) in [5.41, 5.74) is 3.68. The van der Waals surface area contributed by atoms with Gasteiger partial charge in [-0.05, 0) is 57.4 Å². The Morgan fingerprint density at radius 2 is 1.81 bits per heavy atom. The van der Waals surface area contributed by atoms with Gasteiger partial charge in [-0.25, -0.2) is 4.79 Å². The van der Waals surface area contributed by atoms with Gasteiger partial charge in [-0.2, -0.15) is 0 Å². The largest absolute Gasteiger partial charge is 0.462 e. The molecule has 0 saturated carbocycles. The third-order valence-electron chi connectivity index (χ3n) is 4.78.